The third-order valence-corrected chi connectivity index (χ3v) is 3.91. The summed E-state index contributed by atoms with van der Waals surface area (Å²) in [6, 6.07) is 12.8. The van der Waals surface area contributed by atoms with Crippen molar-refractivity contribution in [2.45, 2.75) is 13.3 Å². The van der Waals surface area contributed by atoms with Crippen molar-refractivity contribution in [1.29, 1.82) is 0 Å². The number of carboxylic acid groups (broad SMARTS) is 1. The molecule has 6 nitrogen and oxygen atoms in total. The maximum Gasteiger partial charge on any atom is 0.339 e. The maximum absolute atomic E-state index is 11.7. The molecule has 3 rings (SSSR count). The Balaban J connectivity index is 0.00000261. The monoisotopic (exact) mass is 388 g/mol. The molecule has 0 saturated carbocycles. The van der Waals surface area contributed by atoms with E-state index in [9.17, 15) is 9.90 Å². The molecule has 0 unspecified atom stereocenters. The second kappa shape index (κ2) is 9.09. The van der Waals surface area contributed by atoms with E-state index in [1.165, 1.54) is 6.20 Å². The van der Waals surface area contributed by atoms with Crippen molar-refractivity contribution >= 4 is 40.7 Å². The Bertz CT molecular complexity index is 946. The van der Waals surface area contributed by atoms with Crippen LogP contribution >= 0.6 is 12.4 Å². The van der Waals surface area contributed by atoms with Gasteiger partial charge in [0.05, 0.1) is 30.6 Å². The summed E-state index contributed by atoms with van der Waals surface area (Å²) in [4.78, 5) is 16.0. The number of nitrogens with one attached hydrogen (secondary N) is 1. The molecule has 0 aliphatic heterocycles. The molecule has 1 aromatic heterocycles. The first-order valence-corrected chi connectivity index (χ1v) is 8.33. The Morgan fingerprint density at radius 2 is 2.00 bits per heavy atom. The molecular formula is C20H21ClN2O4. The summed E-state index contributed by atoms with van der Waals surface area (Å²) in [6.07, 6.45) is 2.24. The second-order valence-corrected chi connectivity index (χ2v) is 5.70. The Morgan fingerprint density at radius 3 is 2.70 bits per heavy atom. The number of carboxylic acids is 1. The molecule has 2 aromatic carbocycles. The molecule has 0 aliphatic rings. The molecule has 27 heavy (non-hydrogen) atoms. The minimum Gasteiger partial charge on any atom is -0.497 e. The first-order valence-electron chi connectivity index (χ1n) is 8.33. The third kappa shape index (κ3) is 4.41. The lowest BCUT2D eigenvalue weighted by Crippen LogP contribution is -2.06. The van der Waals surface area contributed by atoms with Crippen LogP contribution in [-0.4, -0.2) is 29.8 Å². The van der Waals surface area contributed by atoms with Gasteiger partial charge in [0.1, 0.15) is 17.1 Å². The van der Waals surface area contributed by atoms with E-state index in [1.807, 2.05) is 31.2 Å². The minimum atomic E-state index is -1.06. The van der Waals surface area contributed by atoms with Gasteiger partial charge in [-0.05, 0) is 36.8 Å². The fourth-order valence-electron chi connectivity index (χ4n) is 2.64. The number of aromatic nitrogens is 1. The van der Waals surface area contributed by atoms with Gasteiger partial charge in [0, 0.05) is 11.6 Å². The van der Waals surface area contributed by atoms with Gasteiger partial charge in [-0.1, -0.05) is 19.1 Å². The SMILES string of the molecule is CCCOc1ccccc1Nc1c(C(=O)O)cnc2ccc(OC)cc12.Cl. The van der Waals surface area contributed by atoms with Crippen LogP contribution in [0.15, 0.2) is 48.7 Å². The topological polar surface area (TPSA) is 80.7 Å². The van der Waals surface area contributed by atoms with Gasteiger partial charge in [-0.2, -0.15) is 0 Å². The van der Waals surface area contributed by atoms with Crippen LogP contribution in [0.3, 0.4) is 0 Å². The summed E-state index contributed by atoms with van der Waals surface area (Å²) in [5.74, 6) is 0.232. The summed E-state index contributed by atoms with van der Waals surface area (Å²) < 4.78 is 11.0. The molecule has 0 spiro atoms. The zero-order chi connectivity index (χ0) is 18.5. The van der Waals surface area contributed by atoms with Gasteiger partial charge in [-0.3, -0.25) is 4.98 Å². The average molecular weight is 389 g/mol. The number of halogens is 1. The first-order chi connectivity index (χ1) is 12.6. The van der Waals surface area contributed by atoms with Gasteiger partial charge in [0.15, 0.2) is 0 Å². The number of methoxy groups -OCH3 is 1. The molecule has 0 saturated heterocycles. The second-order valence-electron chi connectivity index (χ2n) is 5.70. The minimum absolute atomic E-state index is 0. The van der Waals surface area contributed by atoms with Crippen molar-refractivity contribution in [3.63, 3.8) is 0 Å². The van der Waals surface area contributed by atoms with Crippen LogP contribution < -0.4 is 14.8 Å². The number of fused-ring (bicyclic) bond motifs is 1. The van der Waals surface area contributed by atoms with Crippen molar-refractivity contribution in [3.05, 3.63) is 54.2 Å². The number of aromatic carboxylic acids is 1. The quantitative estimate of drug-likeness (QED) is 0.599. The lowest BCUT2D eigenvalue weighted by atomic mass is 10.1. The number of pyridine rings is 1. The number of anilines is 2. The highest BCUT2D eigenvalue weighted by Gasteiger charge is 2.17. The number of ether oxygens (including phenoxy) is 2. The number of nitrogens with zero attached hydrogens (tertiary/aromatic N) is 1. The fraction of sp³-hybridized carbons (Fsp3) is 0.200. The zero-order valence-corrected chi connectivity index (χ0v) is 15.9. The lowest BCUT2D eigenvalue weighted by Gasteiger charge is -2.16. The average Bonchev–Trinajstić information content (AvgIpc) is 2.66. The van der Waals surface area contributed by atoms with Gasteiger partial charge in [0.2, 0.25) is 0 Å². The van der Waals surface area contributed by atoms with Crippen molar-refractivity contribution in [2.24, 2.45) is 0 Å². The van der Waals surface area contributed by atoms with E-state index in [0.29, 0.717) is 40.4 Å². The molecule has 1 heterocycles. The summed E-state index contributed by atoms with van der Waals surface area (Å²) in [5.41, 5.74) is 1.90. The molecule has 0 bridgehead atoms. The number of hydrogen-bond acceptors (Lipinski definition) is 5. The van der Waals surface area contributed by atoms with Crippen LogP contribution in [0.25, 0.3) is 10.9 Å². The largest absolute Gasteiger partial charge is 0.497 e. The molecular weight excluding hydrogens is 368 g/mol. The normalized spacial score (nSPS) is 10.1. The standard InChI is InChI=1S/C20H20N2O4.ClH/c1-3-10-26-18-7-5-4-6-17(18)22-19-14-11-13(25-2)8-9-16(14)21-12-15(19)20(23)24;/h4-9,11-12H,3,10H2,1-2H3,(H,21,22)(H,23,24);1H. The predicted molar refractivity (Wildman–Crippen MR) is 108 cm³/mol. The summed E-state index contributed by atoms with van der Waals surface area (Å²) >= 11 is 0. The Morgan fingerprint density at radius 1 is 1.22 bits per heavy atom. The Kier molecular flexibility index (Phi) is 6.85. The van der Waals surface area contributed by atoms with Crippen LogP contribution in [0.2, 0.25) is 0 Å². The van der Waals surface area contributed by atoms with Gasteiger partial charge in [-0.25, -0.2) is 4.79 Å². The van der Waals surface area contributed by atoms with Gasteiger partial charge in [0.25, 0.3) is 0 Å². The maximum atomic E-state index is 11.7. The molecule has 7 heteroatoms. The number of rotatable bonds is 7. The van der Waals surface area contributed by atoms with Crippen LogP contribution in [0, 0.1) is 0 Å². The van der Waals surface area contributed by atoms with Crippen molar-refractivity contribution in [2.75, 3.05) is 19.0 Å². The molecule has 0 aliphatic carbocycles. The van der Waals surface area contributed by atoms with E-state index >= 15 is 0 Å². The van der Waals surface area contributed by atoms with E-state index in [1.54, 1.807) is 25.3 Å². The van der Waals surface area contributed by atoms with Crippen molar-refractivity contribution in [3.8, 4) is 11.5 Å². The van der Waals surface area contributed by atoms with E-state index in [2.05, 4.69) is 10.3 Å². The van der Waals surface area contributed by atoms with Gasteiger partial charge >= 0.3 is 5.97 Å². The molecule has 142 valence electrons. The van der Waals surface area contributed by atoms with Crippen LogP contribution in [0.1, 0.15) is 23.7 Å². The van der Waals surface area contributed by atoms with Crippen LogP contribution in [0.5, 0.6) is 11.5 Å². The van der Waals surface area contributed by atoms with E-state index < -0.39 is 5.97 Å². The van der Waals surface area contributed by atoms with E-state index in [4.69, 9.17) is 9.47 Å². The third-order valence-electron chi connectivity index (χ3n) is 3.91. The lowest BCUT2D eigenvalue weighted by molar-refractivity contribution is 0.0697. The van der Waals surface area contributed by atoms with Gasteiger partial charge < -0.3 is 19.9 Å². The van der Waals surface area contributed by atoms with Gasteiger partial charge in [-0.15, -0.1) is 12.4 Å². The first kappa shape index (κ1) is 20.3. The molecule has 3 aromatic rings. The summed E-state index contributed by atoms with van der Waals surface area (Å²) in [6.45, 7) is 2.61. The highest BCUT2D eigenvalue weighted by atomic mass is 35.5. The molecule has 0 amide bonds. The molecule has 0 atom stereocenters. The van der Waals surface area contributed by atoms with Crippen molar-refractivity contribution in [1.82, 2.24) is 4.98 Å². The number of hydrogen-bond donors (Lipinski definition) is 2. The summed E-state index contributed by atoms with van der Waals surface area (Å²) in [7, 11) is 1.57. The number of carbonyl (C=O) groups is 1. The van der Waals surface area contributed by atoms with Crippen molar-refractivity contribution < 1.29 is 19.4 Å². The number of benzene rings is 2. The fourth-order valence-corrected chi connectivity index (χ4v) is 2.64. The van der Waals surface area contributed by atoms with Crippen LogP contribution in [-0.2, 0) is 0 Å². The zero-order valence-electron chi connectivity index (χ0n) is 15.1. The van der Waals surface area contributed by atoms with E-state index in [0.717, 1.165) is 6.42 Å². The molecule has 0 radical (unpaired) electrons. The molecule has 2 N–H and O–H groups in total. The number of para-hydroxylation sites is 2. The Labute approximate surface area is 163 Å². The van der Waals surface area contributed by atoms with Crippen LogP contribution in [0.4, 0.5) is 11.4 Å². The highest BCUT2D eigenvalue weighted by Crippen LogP contribution is 2.34. The smallest absolute Gasteiger partial charge is 0.339 e. The van der Waals surface area contributed by atoms with E-state index in [-0.39, 0.29) is 18.0 Å². The summed E-state index contributed by atoms with van der Waals surface area (Å²) in [5, 5.41) is 13.5. The predicted octanol–water partition coefficient (Wildman–Crippen LogP) is 4.90. The molecule has 0 fully saturated rings. The highest BCUT2D eigenvalue weighted by molar-refractivity contribution is 6.05. The Hall–Kier alpha value is -2.99.